The Balaban J connectivity index is 2.14. The van der Waals surface area contributed by atoms with Crippen molar-refractivity contribution in [2.45, 2.75) is 6.54 Å². The van der Waals surface area contributed by atoms with Crippen molar-refractivity contribution in [3.8, 4) is 0 Å². The topological polar surface area (TPSA) is 97.1 Å². The summed E-state index contributed by atoms with van der Waals surface area (Å²) in [4.78, 5) is 22.3. The largest absolute Gasteiger partial charge is 0.480 e. The van der Waals surface area contributed by atoms with E-state index in [1.165, 1.54) is 18.2 Å². The third-order valence-electron chi connectivity index (χ3n) is 2.27. The van der Waals surface area contributed by atoms with Crippen LogP contribution < -0.4 is 5.32 Å². The van der Waals surface area contributed by atoms with Crippen molar-refractivity contribution in [2.75, 3.05) is 5.32 Å². The second-order valence-electron chi connectivity index (χ2n) is 3.75. The number of nitrogens with one attached hydrogen (secondary N) is 1. The smallest absolute Gasteiger partial charge is 0.325 e. The molecular weight excluding hydrogens is 291 g/mol. The molecule has 0 radical (unpaired) electrons. The molecule has 1 aromatic heterocycles. The molecule has 0 saturated carbocycles. The molecule has 0 bridgehead atoms. The van der Waals surface area contributed by atoms with Gasteiger partial charge in [0.15, 0.2) is 11.5 Å². The first-order valence-corrected chi connectivity index (χ1v) is 5.72. The third kappa shape index (κ3) is 3.09. The summed E-state index contributed by atoms with van der Waals surface area (Å²) < 4.78 is 14.6. The third-order valence-corrected chi connectivity index (χ3v) is 2.56. The Morgan fingerprint density at radius 3 is 2.90 bits per heavy atom. The summed E-state index contributed by atoms with van der Waals surface area (Å²) in [6, 6.07) is 4.15. The fraction of sp³-hybridized carbons (Fsp3) is 0.0909. The van der Waals surface area contributed by atoms with Gasteiger partial charge in [-0.3, -0.25) is 9.59 Å². The van der Waals surface area contributed by atoms with Crippen LogP contribution in [-0.4, -0.2) is 32.0 Å². The van der Waals surface area contributed by atoms with Crippen LogP contribution in [0.1, 0.15) is 10.5 Å². The SMILES string of the molecule is O=C(O)Cn1cc(C(=O)Nc2cccc(Cl)c2F)nn1. The Kier molecular flexibility index (Phi) is 3.94. The second kappa shape index (κ2) is 5.66. The van der Waals surface area contributed by atoms with Crippen LogP contribution in [-0.2, 0) is 11.3 Å². The van der Waals surface area contributed by atoms with Crippen LogP contribution in [0.3, 0.4) is 0 Å². The summed E-state index contributed by atoms with van der Waals surface area (Å²) >= 11 is 5.58. The molecule has 20 heavy (non-hydrogen) atoms. The molecule has 0 aliphatic heterocycles. The van der Waals surface area contributed by atoms with E-state index in [-0.39, 0.29) is 16.4 Å². The van der Waals surface area contributed by atoms with Crippen LogP contribution in [0.2, 0.25) is 5.02 Å². The summed E-state index contributed by atoms with van der Waals surface area (Å²) in [7, 11) is 0. The van der Waals surface area contributed by atoms with Crippen molar-refractivity contribution in [2.24, 2.45) is 0 Å². The molecule has 0 spiro atoms. The number of nitrogens with zero attached hydrogens (tertiary/aromatic N) is 3. The van der Waals surface area contributed by atoms with Crippen molar-refractivity contribution in [1.82, 2.24) is 15.0 Å². The highest BCUT2D eigenvalue weighted by Gasteiger charge is 2.15. The van der Waals surface area contributed by atoms with Gasteiger partial charge >= 0.3 is 5.97 Å². The van der Waals surface area contributed by atoms with E-state index in [4.69, 9.17) is 16.7 Å². The quantitative estimate of drug-likeness (QED) is 0.889. The van der Waals surface area contributed by atoms with E-state index in [1.54, 1.807) is 0 Å². The Morgan fingerprint density at radius 1 is 1.45 bits per heavy atom. The van der Waals surface area contributed by atoms with Crippen molar-refractivity contribution in [3.05, 3.63) is 40.9 Å². The number of carboxylic acid groups (broad SMARTS) is 1. The van der Waals surface area contributed by atoms with Gasteiger partial charge in [-0.15, -0.1) is 5.10 Å². The van der Waals surface area contributed by atoms with E-state index in [1.807, 2.05) is 0 Å². The summed E-state index contributed by atoms with van der Waals surface area (Å²) in [6.45, 7) is -0.425. The minimum Gasteiger partial charge on any atom is -0.480 e. The lowest BCUT2D eigenvalue weighted by atomic mass is 10.3. The number of aliphatic carboxylic acids is 1. The van der Waals surface area contributed by atoms with Crippen LogP contribution in [0.4, 0.5) is 10.1 Å². The first-order chi connectivity index (χ1) is 9.47. The molecule has 0 unspecified atom stereocenters. The zero-order valence-electron chi connectivity index (χ0n) is 9.88. The van der Waals surface area contributed by atoms with Gasteiger partial charge in [0.2, 0.25) is 0 Å². The average molecular weight is 299 g/mol. The summed E-state index contributed by atoms with van der Waals surface area (Å²) in [5.41, 5.74) is -0.235. The highest BCUT2D eigenvalue weighted by molar-refractivity contribution is 6.31. The fourth-order valence-electron chi connectivity index (χ4n) is 1.40. The van der Waals surface area contributed by atoms with Crippen LogP contribution in [0, 0.1) is 5.82 Å². The molecule has 9 heteroatoms. The van der Waals surface area contributed by atoms with Crippen LogP contribution in [0.25, 0.3) is 0 Å². The molecule has 2 rings (SSSR count). The predicted molar refractivity (Wildman–Crippen MR) is 67.0 cm³/mol. The second-order valence-corrected chi connectivity index (χ2v) is 4.16. The highest BCUT2D eigenvalue weighted by Crippen LogP contribution is 2.22. The number of aromatic nitrogens is 3. The van der Waals surface area contributed by atoms with E-state index >= 15 is 0 Å². The molecule has 0 atom stereocenters. The molecular formula is C11H8ClFN4O3. The lowest BCUT2D eigenvalue weighted by Crippen LogP contribution is -2.13. The number of rotatable bonds is 4. The first-order valence-electron chi connectivity index (χ1n) is 5.34. The number of carbonyl (C=O) groups is 2. The maximum absolute atomic E-state index is 13.6. The van der Waals surface area contributed by atoms with Gasteiger partial charge in [-0.05, 0) is 12.1 Å². The summed E-state index contributed by atoms with van der Waals surface area (Å²) in [6.07, 6.45) is 1.14. The summed E-state index contributed by atoms with van der Waals surface area (Å²) in [5, 5.41) is 17.7. The molecule has 0 aliphatic carbocycles. The Labute approximate surface area is 117 Å². The van der Waals surface area contributed by atoms with Gasteiger partial charge in [0, 0.05) is 0 Å². The standard InChI is InChI=1S/C11H8ClFN4O3/c12-6-2-1-3-7(10(6)13)14-11(20)8-4-17(16-15-8)5-9(18)19/h1-4H,5H2,(H,14,20)(H,18,19). The van der Waals surface area contributed by atoms with Gasteiger partial charge in [0.25, 0.3) is 5.91 Å². The van der Waals surface area contributed by atoms with Crippen LogP contribution in [0.15, 0.2) is 24.4 Å². The number of carboxylic acids is 1. The molecule has 7 nitrogen and oxygen atoms in total. The lowest BCUT2D eigenvalue weighted by Gasteiger charge is -2.04. The molecule has 2 N–H and O–H groups in total. The molecule has 0 fully saturated rings. The highest BCUT2D eigenvalue weighted by atomic mass is 35.5. The molecule has 1 aromatic carbocycles. The molecule has 1 amide bonds. The minimum atomic E-state index is -1.12. The number of anilines is 1. The normalized spacial score (nSPS) is 10.3. The van der Waals surface area contributed by atoms with E-state index < -0.39 is 24.2 Å². The lowest BCUT2D eigenvalue weighted by molar-refractivity contribution is -0.137. The van der Waals surface area contributed by atoms with Gasteiger partial charge in [0.1, 0.15) is 6.54 Å². The van der Waals surface area contributed by atoms with Gasteiger partial charge in [-0.2, -0.15) is 0 Å². The van der Waals surface area contributed by atoms with Gasteiger partial charge in [-0.25, -0.2) is 9.07 Å². The van der Waals surface area contributed by atoms with Crippen molar-refractivity contribution in [3.63, 3.8) is 0 Å². The van der Waals surface area contributed by atoms with Crippen molar-refractivity contribution in [1.29, 1.82) is 0 Å². The van der Waals surface area contributed by atoms with Crippen LogP contribution >= 0.6 is 11.6 Å². The number of hydrogen-bond donors (Lipinski definition) is 2. The summed E-state index contributed by atoms with van der Waals surface area (Å²) in [5.74, 6) is -2.61. The van der Waals surface area contributed by atoms with E-state index in [2.05, 4.69) is 15.6 Å². The first kappa shape index (κ1) is 13.9. The maximum atomic E-state index is 13.6. The molecule has 0 saturated heterocycles. The van der Waals surface area contributed by atoms with Gasteiger partial charge in [-0.1, -0.05) is 22.9 Å². The monoisotopic (exact) mass is 298 g/mol. The van der Waals surface area contributed by atoms with E-state index in [0.29, 0.717) is 0 Å². The molecule has 104 valence electrons. The number of hydrogen-bond acceptors (Lipinski definition) is 4. The number of amides is 1. The molecule has 1 heterocycles. The average Bonchev–Trinajstić information content (AvgIpc) is 2.82. The van der Waals surface area contributed by atoms with E-state index in [0.717, 1.165) is 10.9 Å². The maximum Gasteiger partial charge on any atom is 0.325 e. The van der Waals surface area contributed by atoms with Gasteiger partial charge in [0.05, 0.1) is 16.9 Å². The minimum absolute atomic E-state index is 0.102. The fourth-order valence-corrected chi connectivity index (χ4v) is 1.58. The molecule has 0 aliphatic rings. The number of benzene rings is 1. The zero-order chi connectivity index (χ0) is 14.7. The van der Waals surface area contributed by atoms with Gasteiger partial charge < -0.3 is 10.4 Å². The van der Waals surface area contributed by atoms with Crippen LogP contribution in [0.5, 0.6) is 0 Å². The molecule has 2 aromatic rings. The zero-order valence-corrected chi connectivity index (χ0v) is 10.6. The predicted octanol–water partition coefficient (Wildman–Crippen LogP) is 1.41. The van der Waals surface area contributed by atoms with Crippen molar-refractivity contribution < 1.29 is 19.1 Å². The van der Waals surface area contributed by atoms with E-state index in [9.17, 15) is 14.0 Å². The Bertz CT molecular complexity index is 673. The number of halogens is 2. The van der Waals surface area contributed by atoms with Crippen molar-refractivity contribution >= 4 is 29.2 Å². The Hall–Kier alpha value is -2.48. The number of carbonyl (C=O) groups excluding carboxylic acids is 1. The Morgan fingerprint density at radius 2 is 2.20 bits per heavy atom.